The first kappa shape index (κ1) is 13.8. The molecule has 0 aromatic carbocycles. The summed E-state index contributed by atoms with van der Waals surface area (Å²) in [6.07, 6.45) is 5.04. The van der Waals surface area contributed by atoms with Gasteiger partial charge in [-0.15, -0.1) is 0 Å². The fourth-order valence-electron chi connectivity index (χ4n) is 1.85. The SMILES string of the molecule is CCCNC(=O)CCN=C(N)N1CCCCC1. The van der Waals surface area contributed by atoms with Crippen LogP contribution in [0, 0.1) is 0 Å². The number of likely N-dealkylation sites (tertiary alicyclic amines) is 1. The molecule has 3 N–H and O–H groups in total. The van der Waals surface area contributed by atoms with Crippen molar-refractivity contribution in [3.8, 4) is 0 Å². The number of hydrogen-bond acceptors (Lipinski definition) is 2. The third-order valence-electron chi connectivity index (χ3n) is 2.86. The summed E-state index contributed by atoms with van der Waals surface area (Å²) in [4.78, 5) is 17.7. The Balaban J connectivity index is 2.20. The molecule has 0 unspecified atom stereocenters. The molecule has 1 fully saturated rings. The van der Waals surface area contributed by atoms with E-state index in [4.69, 9.17) is 5.73 Å². The zero-order chi connectivity index (χ0) is 12.5. The summed E-state index contributed by atoms with van der Waals surface area (Å²) in [5.74, 6) is 0.648. The summed E-state index contributed by atoms with van der Waals surface area (Å²) in [5, 5.41) is 2.82. The number of hydrogen-bond donors (Lipinski definition) is 2. The second-order valence-corrected chi connectivity index (χ2v) is 4.39. The molecule has 0 spiro atoms. The zero-order valence-electron chi connectivity index (χ0n) is 10.7. The van der Waals surface area contributed by atoms with Gasteiger partial charge in [-0.25, -0.2) is 0 Å². The van der Waals surface area contributed by atoms with Crippen molar-refractivity contribution in [1.29, 1.82) is 0 Å². The molecular weight excluding hydrogens is 216 g/mol. The number of nitrogens with zero attached hydrogens (tertiary/aromatic N) is 2. The van der Waals surface area contributed by atoms with Crippen molar-refractivity contribution < 1.29 is 4.79 Å². The predicted molar refractivity (Wildman–Crippen MR) is 69.8 cm³/mol. The number of carbonyl (C=O) groups is 1. The minimum absolute atomic E-state index is 0.0574. The molecule has 0 aromatic heterocycles. The number of piperidine rings is 1. The number of carbonyl (C=O) groups excluding carboxylic acids is 1. The van der Waals surface area contributed by atoms with E-state index in [1.807, 2.05) is 6.92 Å². The van der Waals surface area contributed by atoms with Gasteiger partial charge in [0.15, 0.2) is 5.96 Å². The molecule has 1 aliphatic heterocycles. The summed E-state index contributed by atoms with van der Waals surface area (Å²) in [6.45, 7) is 5.25. The molecule has 1 amide bonds. The highest BCUT2D eigenvalue weighted by Gasteiger charge is 2.11. The summed E-state index contributed by atoms with van der Waals surface area (Å²) in [5.41, 5.74) is 5.88. The van der Waals surface area contributed by atoms with Gasteiger partial charge in [0.05, 0.1) is 6.54 Å². The summed E-state index contributed by atoms with van der Waals surface area (Å²) >= 11 is 0. The molecule has 0 aromatic rings. The average Bonchev–Trinajstić information content (AvgIpc) is 2.37. The topological polar surface area (TPSA) is 70.7 Å². The van der Waals surface area contributed by atoms with Crippen LogP contribution in [0.3, 0.4) is 0 Å². The molecule has 5 heteroatoms. The van der Waals surface area contributed by atoms with Gasteiger partial charge in [-0.05, 0) is 25.7 Å². The van der Waals surface area contributed by atoms with Crippen molar-refractivity contribution in [3.05, 3.63) is 0 Å². The van der Waals surface area contributed by atoms with Crippen LogP contribution in [0.5, 0.6) is 0 Å². The standard InChI is InChI=1S/C12H24N4O/c1-2-7-14-11(17)6-8-15-12(13)16-9-4-3-5-10-16/h2-10H2,1H3,(H2,13,15)(H,14,17). The van der Waals surface area contributed by atoms with Crippen LogP contribution in [-0.4, -0.2) is 42.9 Å². The molecule has 1 saturated heterocycles. The molecule has 1 aliphatic rings. The monoisotopic (exact) mass is 240 g/mol. The molecule has 0 atom stereocenters. The van der Waals surface area contributed by atoms with Crippen LogP contribution < -0.4 is 11.1 Å². The van der Waals surface area contributed by atoms with Gasteiger partial charge in [0.1, 0.15) is 0 Å². The first-order valence-corrected chi connectivity index (χ1v) is 6.55. The normalized spacial score (nSPS) is 17.0. The quantitative estimate of drug-likeness (QED) is 0.549. The number of rotatable bonds is 5. The van der Waals surface area contributed by atoms with E-state index in [9.17, 15) is 4.79 Å². The predicted octanol–water partition coefficient (Wildman–Crippen LogP) is 0.703. The van der Waals surface area contributed by atoms with Gasteiger partial charge in [0, 0.05) is 26.1 Å². The maximum absolute atomic E-state index is 11.3. The lowest BCUT2D eigenvalue weighted by Crippen LogP contribution is -2.41. The maximum atomic E-state index is 11.3. The third-order valence-corrected chi connectivity index (χ3v) is 2.86. The first-order chi connectivity index (χ1) is 8.24. The molecule has 0 saturated carbocycles. The molecule has 5 nitrogen and oxygen atoms in total. The van der Waals surface area contributed by atoms with Crippen molar-refractivity contribution >= 4 is 11.9 Å². The zero-order valence-corrected chi connectivity index (χ0v) is 10.7. The molecule has 1 rings (SSSR count). The van der Waals surface area contributed by atoms with Crippen LogP contribution in [0.25, 0.3) is 0 Å². The van der Waals surface area contributed by atoms with E-state index in [-0.39, 0.29) is 5.91 Å². The Morgan fingerprint density at radius 3 is 2.71 bits per heavy atom. The van der Waals surface area contributed by atoms with E-state index in [1.54, 1.807) is 0 Å². The molecule has 0 aliphatic carbocycles. The Morgan fingerprint density at radius 1 is 1.35 bits per heavy atom. The Bertz CT molecular complexity index is 259. The van der Waals surface area contributed by atoms with Crippen molar-refractivity contribution in [3.63, 3.8) is 0 Å². The molecule has 98 valence electrons. The lowest BCUT2D eigenvalue weighted by atomic mass is 10.1. The highest BCUT2D eigenvalue weighted by atomic mass is 16.1. The third kappa shape index (κ3) is 5.56. The van der Waals surface area contributed by atoms with Crippen LogP contribution >= 0.6 is 0 Å². The fraction of sp³-hybridized carbons (Fsp3) is 0.833. The average molecular weight is 240 g/mol. The molecular formula is C12H24N4O. The summed E-state index contributed by atoms with van der Waals surface area (Å²) in [7, 11) is 0. The maximum Gasteiger partial charge on any atom is 0.221 e. The van der Waals surface area contributed by atoms with E-state index in [1.165, 1.54) is 19.3 Å². The van der Waals surface area contributed by atoms with Gasteiger partial charge in [-0.2, -0.15) is 0 Å². The van der Waals surface area contributed by atoms with Gasteiger partial charge in [0.25, 0.3) is 0 Å². The Hall–Kier alpha value is -1.26. The molecule has 1 heterocycles. The van der Waals surface area contributed by atoms with Gasteiger partial charge < -0.3 is 16.0 Å². The van der Waals surface area contributed by atoms with E-state index in [2.05, 4.69) is 15.2 Å². The lowest BCUT2D eigenvalue weighted by Gasteiger charge is -2.27. The largest absolute Gasteiger partial charge is 0.370 e. The Morgan fingerprint density at radius 2 is 2.06 bits per heavy atom. The van der Waals surface area contributed by atoms with Crippen LogP contribution in [0.1, 0.15) is 39.0 Å². The lowest BCUT2D eigenvalue weighted by molar-refractivity contribution is -0.120. The molecule has 0 bridgehead atoms. The highest BCUT2D eigenvalue weighted by Crippen LogP contribution is 2.07. The minimum Gasteiger partial charge on any atom is -0.370 e. The molecule has 0 radical (unpaired) electrons. The van der Waals surface area contributed by atoms with E-state index in [0.717, 1.165) is 26.1 Å². The Kier molecular flexibility index (Phi) is 6.43. The Labute approximate surface area is 103 Å². The number of amides is 1. The van der Waals surface area contributed by atoms with Crippen LogP contribution in [0.2, 0.25) is 0 Å². The second-order valence-electron chi connectivity index (χ2n) is 4.39. The smallest absolute Gasteiger partial charge is 0.221 e. The van der Waals surface area contributed by atoms with Crippen molar-refractivity contribution in [2.24, 2.45) is 10.7 Å². The van der Waals surface area contributed by atoms with Crippen LogP contribution in [0.4, 0.5) is 0 Å². The van der Waals surface area contributed by atoms with E-state index < -0.39 is 0 Å². The number of guanidine groups is 1. The number of aliphatic imine (C=N–C) groups is 1. The van der Waals surface area contributed by atoms with Crippen molar-refractivity contribution in [2.45, 2.75) is 39.0 Å². The highest BCUT2D eigenvalue weighted by molar-refractivity contribution is 5.79. The second kappa shape index (κ2) is 7.92. The first-order valence-electron chi connectivity index (χ1n) is 6.55. The van der Waals surface area contributed by atoms with Crippen LogP contribution in [0.15, 0.2) is 4.99 Å². The minimum atomic E-state index is 0.0574. The van der Waals surface area contributed by atoms with Crippen molar-refractivity contribution in [2.75, 3.05) is 26.2 Å². The van der Waals surface area contributed by atoms with E-state index >= 15 is 0 Å². The summed E-state index contributed by atoms with van der Waals surface area (Å²) < 4.78 is 0. The fourth-order valence-corrected chi connectivity index (χ4v) is 1.85. The molecule has 17 heavy (non-hydrogen) atoms. The number of nitrogens with two attached hydrogens (primary N) is 1. The van der Waals surface area contributed by atoms with Crippen molar-refractivity contribution in [1.82, 2.24) is 10.2 Å². The number of nitrogens with one attached hydrogen (secondary N) is 1. The van der Waals surface area contributed by atoms with Gasteiger partial charge in [-0.3, -0.25) is 9.79 Å². The van der Waals surface area contributed by atoms with Gasteiger partial charge in [0.2, 0.25) is 5.91 Å². The van der Waals surface area contributed by atoms with Gasteiger partial charge >= 0.3 is 0 Å². The summed E-state index contributed by atoms with van der Waals surface area (Å²) in [6, 6.07) is 0. The van der Waals surface area contributed by atoms with Gasteiger partial charge in [-0.1, -0.05) is 6.92 Å². The van der Waals surface area contributed by atoms with Crippen LogP contribution in [-0.2, 0) is 4.79 Å². The van der Waals surface area contributed by atoms with E-state index in [0.29, 0.717) is 18.9 Å².